The molecule has 1 N–H and O–H groups in total. The van der Waals surface area contributed by atoms with Crippen LogP contribution in [0.5, 0.6) is 0 Å². The Bertz CT molecular complexity index is 882. The van der Waals surface area contributed by atoms with Crippen molar-refractivity contribution < 1.29 is 41.1 Å². The zero-order chi connectivity index (χ0) is 22.2. The highest BCUT2D eigenvalue weighted by atomic mass is 79.9. The number of hydroxylamine groups is 2. The summed E-state index contributed by atoms with van der Waals surface area (Å²) in [6, 6.07) is 7.47. The highest BCUT2D eigenvalue weighted by Gasteiger charge is 2.71. The number of halogens is 7. The largest absolute Gasteiger partial charge is 0.430 e. The van der Waals surface area contributed by atoms with E-state index in [9.17, 15) is 36.2 Å². The van der Waals surface area contributed by atoms with Crippen LogP contribution in [-0.2, 0) is 10.4 Å². The van der Waals surface area contributed by atoms with Gasteiger partial charge in [-0.15, -0.1) is 0 Å². The van der Waals surface area contributed by atoms with Crippen LogP contribution < -0.4 is 0 Å². The van der Waals surface area contributed by atoms with E-state index in [1.165, 1.54) is 32.4 Å². The maximum Gasteiger partial charge on any atom is 0.430 e. The van der Waals surface area contributed by atoms with E-state index >= 15 is 0 Å². The Morgan fingerprint density at radius 3 is 1.93 bits per heavy atom. The first-order valence-electron chi connectivity index (χ1n) is 7.82. The minimum Gasteiger partial charge on any atom is -0.369 e. The van der Waals surface area contributed by atoms with Gasteiger partial charge in [-0.1, -0.05) is 46.3 Å². The van der Waals surface area contributed by atoms with Crippen molar-refractivity contribution in [1.82, 2.24) is 5.06 Å². The molecule has 0 bridgehead atoms. The zero-order valence-corrected chi connectivity index (χ0v) is 16.5. The Balaban J connectivity index is 2.44. The number of benzene rings is 2. The van der Waals surface area contributed by atoms with Crippen LogP contribution in [0.15, 0.2) is 46.9 Å². The van der Waals surface area contributed by atoms with Gasteiger partial charge < -0.3 is 5.11 Å². The third-order valence-electron chi connectivity index (χ3n) is 4.21. The number of hydrogen-bond donors (Lipinski definition) is 1. The number of carbonyl (C=O) groups is 1. The maximum absolute atomic E-state index is 13.0. The molecule has 0 fully saturated rings. The number of rotatable bonds is 4. The second-order valence-corrected chi connectivity index (χ2v) is 6.82. The van der Waals surface area contributed by atoms with Gasteiger partial charge in [0.2, 0.25) is 0 Å². The Morgan fingerprint density at radius 1 is 1.00 bits per heavy atom. The van der Waals surface area contributed by atoms with Gasteiger partial charge in [0.1, 0.15) is 0 Å². The van der Waals surface area contributed by atoms with Crippen molar-refractivity contribution >= 4 is 21.8 Å². The van der Waals surface area contributed by atoms with Gasteiger partial charge >= 0.3 is 12.4 Å². The molecule has 1 amide bonds. The summed E-state index contributed by atoms with van der Waals surface area (Å²) in [5.41, 5.74) is -5.42. The summed E-state index contributed by atoms with van der Waals surface area (Å²) in [6.45, 7) is 0. The zero-order valence-electron chi connectivity index (χ0n) is 14.9. The number of alkyl halides is 6. The minimum atomic E-state index is -5.96. The molecule has 0 radical (unpaired) electrons. The molecule has 0 heterocycles. The standard InChI is InChI=1S/C18H14BrF6NO3/c1-26(29-2)15(27)11-5-8-13(14(19)9-11)10-3-6-12(7-4-10)16(28,17(20,21)22)18(23,24)25/h3-9,28H,1-2H3. The minimum absolute atomic E-state index is 0.241. The summed E-state index contributed by atoms with van der Waals surface area (Å²) in [5.74, 6) is -0.462. The van der Waals surface area contributed by atoms with Crippen molar-refractivity contribution in [3.63, 3.8) is 0 Å². The number of hydrogen-bond acceptors (Lipinski definition) is 3. The molecule has 29 heavy (non-hydrogen) atoms. The molecule has 0 spiro atoms. The highest BCUT2D eigenvalue weighted by Crippen LogP contribution is 2.50. The second-order valence-electron chi connectivity index (χ2n) is 5.96. The highest BCUT2D eigenvalue weighted by molar-refractivity contribution is 9.10. The average Bonchev–Trinajstić information content (AvgIpc) is 2.64. The molecule has 0 aromatic heterocycles. The third-order valence-corrected chi connectivity index (χ3v) is 4.87. The quantitative estimate of drug-likeness (QED) is 0.486. The van der Waals surface area contributed by atoms with Crippen molar-refractivity contribution in [3.8, 4) is 11.1 Å². The Morgan fingerprint density at radius 2 is 1.52 bits per heavy atom. The monoisotopic (exact) mass is 485 g/mol. The predicted octanol–water partition coefficient (Wildman–Crippen LogP) is 5.06. The van der Waals surface area contributed by atoms with E-state index in [2.05, 4.69) is 15.9 Å². The van der Waals surface area contributed by atoms with Crippen LogP contribution >= 0.6 is 15.9 Å². The molecule has 0 saturated heterocycles. The van der Waals surface area contributed by atoms with E-state index in [0.29, 0.717) is 22.2 Å². The molecule has 158 valence electrons. The van der Waals surface area contributed by atoms with Crippen LogP contribution in [0, 0.1) is 0 Å². The van der Waals surface area contributed by atoms with Crippen molar-refractivity contribution in [2.24, 2.45) is 0 Å². The number of amides is 1. The summed E-state index contributed by atoms with van der Waals surface area (Å²) in [4.78, 5) is 16.8. The predicted molar refractivity (Wildman–Crippen MR) is 94.7 cm³/mol. The van der Waals surface area contributed by atoms with Crippen LogP contribution in [0.25, 0.3) is 11.1 Å². The molecule has 0 atom stereocenters. The Labute approximate surface area is 169 Å². The molecule has 4 nitrogen and oxygen atoms in total. The van der Waals surface area contributed by atoms with Gasteiger partial charge in [0.25, 0.3) is 11.5 Å². The van der Waals surface area contributed by atoms with Crippen molar-refractivity contribution in [1.29, 1.82) is 0 Å². The normalized spacial score (nSPS) is 12.8. The summed E-state index contributed by atoms with van der Waals surface area (Å²) in [5, 5.41) is 10.4. The maximum atomic E-state index is 13.0. The van der Waals surface area contributed by atoms with Gasteiger partial charge in [-0.05, 0) is 23.3 Å². The molecule has 2 aromatic carbocycles. The lowest BCUT2D eigenvalue weighted by Gasteiger charge is -2.32. The third kappa shape index (κ3) is 4.26. The number of carbonyl (C=O) groups excluding carboxylic acids is 1. The summed E-state index contributed by atoms with van der Waals surface area (Å²) in [6.07, 6.45) is -11.9. The van der Waals surface area contributed by atoms with E-state index in [1.807, 2.05) is 0 Å². The summed E-state index contributed by atoms with van der Waals surface area (Å²) >= 11 is 3.22. The molecule has 11 heteroatoms. The van der Waals surface area contributed by atoms with Crippen LogP contribution in [0.2, 0.25) is 0 Å². The first kappa shape index (κ1) is 23.2. The fraction of sp³-hybridized carbons (Fsp3) is 0.278. The molecular formula is C18H14BrF6NO3. The molecule has 0 aliphatic carbocycles. The Kier molecular flexibility index (Phi) is 6.36. The van der Waals surface area contributed by atoms with Crippen molar-refractivity contribution in [2.45, 2.75) is 18.0 Å². The van der Waals surface area contributed by atoms with Gasteiger partial charge in [-0.3, -0.25) is 9.63 Å². The van der Waals surface area contributed by atoms with E-state index in [0.717, 1.165) is 17.2 Å². The van der Waals surface area contributed by atoms with E-state index in [1.54, 1.807) is 0 Å². The van der Waals surface area contributed by atoms with Crippen LogP contribution in [-0.4, -0.2) is 42.6 Å². The van der Waals surface area contributed by atoms with Crippen molar-refractivity contribution in [3.05, 3.63) is 58.1 Å². The molecule has 0 saturated carbocycles. The lowest BCUT2D eigenvalue weighted by molar-refractivity contribution is -0.376. The fourth-order valence-electron chi connectivity index (χ4n) is 2.53. The van der Waals surface area contributed by atoms with Gasteiger partial charge in [-0.25, -0.2) is 5.06 Å². The van der Waals surface area contributed by atoms with E-state index in [-0.39, 0.29) is 11.1 Å². The smallest absolute Gasteiger partial charge is 0.369 e. The van der Waals surface area contributed by atoms with Crippen LogP contribution in [0.3, 0.4) is 0 Å². The molecule has 0 aliphatic rings. The molecule has 2 aromatic rings. The first-order valence-corrected chi connectivity index (χ1v) is 8.61. The molecule has 2 rings (SSSR count). The average molecular weight is 486 g/mol. The lowest BCUT2D eigenvalue weighted by atomic mass is 9.90. The fourth-order valence-corrected chi connectivity index (χ4v) is 3.13. The van der Waals surface area contributed by atoms with Crippen LogP contribution in [0.1, 0.15) is 15.9 Å². The summed E-state index contributed by atoms with van der Waals surface area (Å²) < 4.78 is 78.2. The summed E-state index contributed by atoms with van der Waals surface area (Å²) in [7, 11) is 2.69. The number of aliphatic hydroxyl groups is 1. The van der Waals surface area contributed by atoms with Gasteiger partial charge in [0.05, 0.1) is 7.11 Å². The number of nitrogens with zero attached hydrogens (tertiary/aromatic N) is 1. The Hall–Kier alpha value is -2.11. The first-order chi connectivity index (χ1) is 13.2. The van der Waals surface area contributed by atoms with Gasteiger partial charge in [0.15, 0.2) is 0 Å². The lowest BCUT2D eigenvalue weighted by Crippen LogP contribution is -2.53. The SMILES string of the molecule is CON(C)C(=O)c1ccc(-c2ccc(C(O)(C(F)(F)F)C(F)(F)F)cc2)c(Br)c1. The second kappa shape index (κ2) is 7.96. The topological polar surface area (TPSA) is 49.8 Å². The molecule has 0 unspecified atom stereocenters. The van der Waals surface area contributed by atoms with Crippen LogP contribution in [0.4, 0.5) is 26.3 Å². The van der Waals surface area contributed by atoms with E-state index < -0.39 is 29.4 Å². The van der Waals surface area contributed by atoms with E-state index in [4.69, 9.17) is 4.84 Å². The van der Waals surface area contributed by atoms with Gasteiger partial charge in [-0.2, -0.15) is 26.3 Å². The molecular weight excluding hydrogens is 472 g/mol. The van der Waals surface area contributed by atoms with Gasteiger partial charge in [0, 0.05) is 22.6 Å². The van der Waals surface area contributed by atoms with Crippen molar-refractivity contribution in [2.75, 3.05) is 14.2 Å². The molecule has 0 aliphatic heterocycles.